The molecule has 1 unspecified atom stereocenters. The maximum absolute atomic E-state index is 9.99. The minimum atomic E-state index is -0.321. The van der Waals surface area contributed by atoms with E-state index in [0.717, 1.165) is 5.56 Å². The van der Waals surface area contributed by atoms with Crippen LogP contribution in [0.5, 0.6) is 0 Å². The highest BCUT2D eigenvalue weighted by Gasteiger charge is 2.06. The summed E-state index contributed by atoms with van der Waals surface area (Å²) in [5, 5.41) is 9.99. The van der Waals surface area contributed by atoms with E-state index >= 15 is 0 Å². The molecule has 2 rings (SSSR count). The van der Waals surface area contributed by atoms with Crippen molar-refractivity contribution in [2.75, 3.05) is 5.75 Å². The van der Waals surface area contributed by atoms with E-state index in [1.54, 1.807) is 24.2 Å². The zero-order valence-corrected chi connectivity index (χ0v) is 11.2. The van der Waals surface area contributed by atoms with E-state index in [1.165, 1.54) is 10.5 Å². The van der Waals surface area contributed by atoms with Gasteiger partial charge < -0.3 is 5.11 Å². The number of rotatable bonds is 5. The summed E-state index contributed by atoms with van der Waals surface area (Å²) in [5.74, 6) is 0.714. The van der Waals surface area contributed by atoms with E-state index in [9.17, 15) is 5.11 Å². The van der Waals surface area contributed by atoms with Crippen LogP contribution < -0.4 is 0 Å². The normalized spacial score (nSPS) is 12.3. The molecule has 0 aliphatic heterocycles. The molecule has 0 saturated carbocycles. The lowest BCUT2D eigenvalue weighted by Crippen LogP contribution is -2.13. The summed E-state index contributed by atoms with van der Waals surface area (Å²) in [7, 11) is 0. The predicted octanol–water partition coefficient (Wildman–Crippen LogP) is 3.09. The Bertz CT molecular complexity index is 487. The topological polar surface area (TPSA) is 33.1 Å². The van der Waals surface area contributed by atoms with Gasteiger partial charge in [0, 0.05) is 23.0 Å². The maximum Gasteiger partial charge on any atom is 0.0674 e. The van der Waals surface area contributed by atoms with Crippen molar-refractivity contribution in [2.45, 2.75) is 24.3 Å². The molecule has 18 heavy (non-hydrogen) atoms. The van der Waals surface area contributed by atoms with Gasteiger partial charge in [-0.3, -0.25) is 4.98 Å². The summed E-state index contributed by atoms with van der Waals surface area (Å²) in [6, 6.07) is 12.2. The van der Waals surface area contributed by atoms with Gasteiger partial charge in [-0.25, -0.2) is 0 Å². The molecule has 0 saturated heterocycles. The lowest BCUT2D eigenvalue weighted by molar-refractivity contribution is 0.200. The van der Waals surface area contributed by atoms with Gasteiger partial charge in [0.2, 0.25) is 0 Å². The lowest BCUT2D eigenvalue weighted by atomic mass is 10.1. The molecule has 0 fully saturated rings. The van der Waals surface area contributed by atoms with Crippen LogP contribution in [0, 0.1) is 6.92 Å². The van der Waals surface area contributed by atoms with Crippen LogP contribution in [0.3, 0.4) is 0 Å². The second-order valence-electron chi connectivity index (χ2n) is 4.34. The monoisotopic (exact) mass is 259 g/mol. The summed E-state index contributed by atoms with van der Waals surface area (Å²) >= 11 is 1.70. The Hall–Kier alpha value is -1.32. The summed E-state index contributed by atoms with van der Waals surface area (Å²) in [4.78, 5) is 5.18. The van der Waals surface area contributed by atoms with Crippen LogP contribution in [0.1, 0.15) is 11.1 Å². The van der Waals surface area contributed by atoms with Gasteiger partial charge in [0.05, 0.1) is 6.10 Å². The lowest BCUT2D eigenvalue weighted by Gasteiger charge is -2.10. The van der Waals surface area contributed by atoms with Crippen LogP contribution >= 0.6 is 11.8 Å². The Morgan fingerprint density at radius 2 is 2.00 bits per heavy atom. The summed E-state index contributed by atoms with van der Waals surface area (Å²) in [6.07, 6.45) is 3.88. The SMILES string of the molecule is Cc1cccc(SCC(O)Cc2ccncc2)c1. The van der Waals surface area contributed by atoms with E-state index < -0.39 is 0 Å². The average molecular weight is 259 g/mol. The first-order chi connectivity index (χ1) is 8.74. The molecule has 2 nitrogen and oxygen atoms in total. The molecule has 94 valence electrons. The number of nitrogens with zero attached hydrogens (tertiary/aromatic N) is 1. The third-order valence-corrected chi connectivity index (χ3v) is 3.79. The van der Waals surface area contributed by atoms with E-state index in [-0.39, 0.29) is 6.10 Å². The number of aryl methyl sites for hydroxylation is 1. The Kier molecular flexibility index (Phi) is 4.79. The van der Waals surface area contributed by atoms with Crippen LogP contribution in [0.25, 0.3) is 0 Å². The number of aromatic nitrogens is 1. The number of hydrogen-bond donors (Lipinski definition) is 1. The van der Waals surface area contributed by atoms with Crippen molar-refractivity contribution in [2.24, 2.45) is 0 Å². The Morgan fingerprint density at radius 1 is 1.22 bits per heavy atom. The first-order valence-corrected chi connectivity index (χ1v) is 6.99. The number of aliphatic hydroxyl groups is 1. The van der Waals surface area contributed by atoms with Gasteiger partial charge in [-0.1, -0.05) is 17.7 Å². The van der Waals surface area contributed by atoms with Crippen molar-refractivity contribution in [1.82, 2.24) is 4.98 Å². The molecule has 0 amide bonds. The largest absolute Gasteiger partial charge is 0.392 e. The predicted molar refractivity (Wildman–Crippen MR) is 75.9 cm³/mol. The van der Waals surface area contributed by atoms with Crippen molar-refractivity contribution in [1.29, 1.82) is 0 Å². The van der Waals surface area contributed by atoms with Crippen molar-refractivity contribution in [3.63, 3.8) is 0 Å². The van der Waals surface area contributed by atoms with Crippen molar-refractivity contribution >= 4 is 11.8 Å². The Morgan fingerprint density at radius 3 is 2.72 bits per heavy atom. The van der Waals surface area contributed by atoms with Gasteiger partial charge in [-0.15, -0.1) is 11.8 Å². The minimum Gasteiger partial charge on any atom is -0.392 e. The minimum absolute atomic E-state index is 0.321. The summed E-state index contributed by atoms with van der Waals surface area (Å²) in [6.45, 7) is 2.08. The van der Waals surface area contributed by atoms with Crippen molar-refractivity contribution in [3.8, 4) is 0 Å². The fraction of sp³-hybridized carbons (Fsp3) is 0.267. The molecule has 2 aromatic rings. The molecule has 0 aliphatic rings. The van der Waals surface area contributed by atoms with Gasteiger partial charge >= 0.3 is 0 Å². The smallest absolute Gasteiger partial charge is 0.0674 e. The molecule has 3 heteroatoms. The molecular formula is C15H17NOS. The van der Waals surface area contributed by atoms with Crippen LogP contribution in [0.2, 0.25) is 0 Å². The van der Waals surface area contributed by atoms with Gasteiger partial charge in [0.1, 0.15) is 0 Å². The first kappa shape index (κ1) is 13.1. The van der Waals surface area contributed by atoms with Gasteiger partial charge in [0.25, 0.3) is 0 Å². The van der Waals surface area contributed by atoms with E-state index in [4.69, 9.17) is 0 Å². The molecule has 1 atom stereocenters. The third kappa shape index (κ3) is 4.17. The molecule has 1 aromatic carbocycles. The first-order valence-electron chi connectivity index (χ1n) is 6.00. The van der Waals surface area contributed by atoms with Crippen molar-refractivity contribution in [3.05, 3.63) is 59.9 Å². The number of aliphatic hydroxyl groups excluding tert-OH is 1. The van der Waals surface area contributed by atoms with E-state index in [1.807, 2.05) is 18.2 Å². The second kappa shape index (κ2) is 6.57. The summed E-state index contributed by atoms with van der Waals surface area (Å²) in [5.41, 5.74) is 2.38. The van der Waals surface area contributed by atoms with Crippen LogP contribution in [-0.2, 0) is 6.42 Å². The molecular weight excluding hydrogens is 242 g/mol. The average Bonchev–Trinajstić information content (AvgIpc) is 2.38. The maximum atomic E-state index is 9.99. The van der Waals surface area contributed by atoms with Crippen LogP contribution in [0.4, 0.5) is 0 Å². The van der Waals surface area contributed by atoms with E-state index in [0.29, 0.717) is 12.2 Å². The standard InChI is InChI=1S/C15H17NOS/c1-12-3-2-4-15(9-12)18-11-14(17)10-13-5-7-16-8-6-13/h2-9,14,17H,10-11H2,1H3. The highest BCUT2D eigenvalue weighted by atomic mass is 32.2. The number of thioether (sulfide) groups is 1. The molecule has 0 aliphatic carbocycles. The van der Waals surface area contributed by atoms with Crippen LogP contribution in [-0.4, -0.2) is 21.9 Å². The van der Waals surface area contributed by atoms with Crippen molar-refractivity contribution < 1.29 is 5.11 Å². The quantitative estimate of drug-likeness (QED) is 0.838. The fourth-order valence-corrected chi connectivity index (χ4v) is 2.69. The molecule has 0 radical (unpaired) electrons. The number of benzene rings is 1. The second-order valence-corrected chi connectivity index (χ2v) is 5.43. The van der Waals surface area contributed by atoms with Crippen LogP contribution in [0.15, 0.2) is 53.7 Å². The molecule has 0 bridgehead atoms. The number of hydrogen-bond acceptors (Lipinski definition) is 3. The molecule has 1 heterocycles. The van der Waals surface area contributed by atoms with Gasteiger partial charge in [0.15, 0.2) is 0 Å². The molecule has 1 N–H and O–H groups in total. The van der Waals surface area contributed by atoms with E-state index in [2.05, 4.69) is 30.1 Å². The molecule has 1 aromatic heterocycles. The highest BCUT2D eigenvalue weighted by molar-refractivity contribution is 7.99. The zero-order valence-electron chi connectivity index (χ0n) is 10.4. The number of pyridine rings is 1. The summed E-state index contributed by atoms with van der Waals surface area (Å²) < 4.78 is 0. The fourth-order valence-electron chi connectivity index (χ4n) is 1.75. The Labute approximate surface area is 112 Å². The third-order valence-electron chi connectivity index (χ3n) is 2.65. The van der Waals surface area contributed by atoms with Gasteiger partial charge in [-0.05, 0) is 43.2 Å². The van der Waals surface area contributed by atoms with Gasteiger partial charge in [-0.2, -0.15) is 0 Å². The molecule has 0 spiro atoms. The zero-order chi connectivity index (χ0) is 12.8. The highest BCUT2D eigenvalue weighted by Crippen LogP contribution is 2.20. The Balaban J connectivity index is 1.83.